The molecule has 1 aliphatic heterocycles. The fourth-order valence-corrected chi connectivity index (χ4v) is 3.31. The van der Waals surface area contributed by atoms with Gasteiger partial charge in [-0.15, -0.1) is 0 Å². The first kappa shape index (κ1) is 19.2. The number of halogens is 1. The first-order valence-corrected chi connectivity index (χ1v) is 9.32. The van der Waals surface area contributed by atoms with Crippen molar-refractivity contribution in [2.24, 2.45) is 0 Å². The number of urea groups is 1. The van der Waals surface area contributed by atoms with Crippen molar-refractivity contribution >= 4 is 11.7 Å². The number of anilines is 1. The van der Waals surface area contributed by atoms with Crippen LogP contribution in [0.3, 0.4) is 0 Å². The Labute approximate surface area is 159 Å². The number of piperazine rings is 1. The third kappa shape index (κ3) is 5.47. The summed E-state index contributed by atoms with van der Waals surface area (Å²) in [4.78, 5) is 16.5. The summed E-state index contributed by atoms with van der Waals surface area (Å²) in [6, 6.07) is 8.40. The van der Waals surface area contributed by atoms with Gasteiger partial charge in [0.2, 0.25) is 0 Å². The van der Waals surface area contributed by atoms with Gasteiger partial charge >= 0.3 is 6.03 Å². The molecule has 7 heteroatoms. The summed E-state index contributed by atoms with van der Waals surface area (Å²) in [5.41, 5.74) is 2.05. The summed E-state index contributed by atoms with van der Waals surface area (Å²) in [5, 5.41) is 5.75. The summed E-state index contributed by atoms with van der Waals surface area (Å²) in [6.07, 6.45) is 0. The molecular formula is C20H27FN4O2. The minimum atomic E-state index is -0.209. The Morgan fingerprint density at radius 3 is 2.44 bits per heavy atom. The Morgan fingerprint density at radius 2 is 1.81 bits per heavy atom. The molecule has 2 heterocycles. The summed E-state index contributed by atoms with van der Waals surface area (Å²) < 4.78 is 18.5. The topological polar surface area (TPSA) is 60.8 Å². The van der Waals surface area contributed by atoms with Gasteiger partial charge in [-0.2, -0.15) is 0 Å². The second-order valence-corrected chi connectivity index (χ2v) is 6.85. The van der Waals surface area contributed by atoms with E-state index in [0.717, 1.165) is 55.5 Å². The molecule has 6 nitrogen and oxygen atoms in total. The van der Waals surface area contributed by atoms with Crippen LogP contribution in [-0.2, 0) is 6.54 Å². The van der Waals surface area contributed by atoms with Crippen LogP contribution in [0.5, 0.6) is 0 Å². The van der Waals surface area contributed by atoms with E-state index in [1.54, 1.807) is 0 Å². The van der Waals surface area contributed by atoms with Crippen LogP contribution in [0.1, 0.15) is 17.1 Å². The van der Waals surface area contributed by atoms with Gasteiger partial charge in [0, 0.05) is 57.1 Å². The van der Waals surface area contributed by atoms with Crippen LogP contribution >= 0.6 is 0 Å². The molecule has 1 saturated heterocycles. The lowest BCUT2D eigenvalue weighted by atomic mass is 10.2. The quantitative estimate of drug-likeness (QED) is 0.816. The second-order valence-electron chi connectivity index (χ2n) is 6.85. The molecule has 0 unspecified atom stereocenters. The molecule has 2 aromatic rings. The van der Waals surface area contributed by atoms with Crippen molar-refractivity contribution in [1.82, 2.24) is 15.5 Å². The van der Waals surface area contributed by atoms with E-state index in [0.29, 0.717) is 13.1 Å². The molecule has 0 atom stereocenters. The number of carbonyl (C=O) groups is 1. The minimum Gasteiger partial charge on any atom is -0.466 e. The van der Waals surface area contributed by atoms with Crippen LogP contribution in [0.4, 0.5) is 14.9 Å². The number of aryl methyl sites for hydroxylation is 2. The molecule has 0 bridgehead atoms. The zero-order valence-corrected chi connectivity index (χ0v) is 15.9. The Balaban J connectivity index is 1.32. The Kier molecular flexibility index (Phi) is 6.34. The van der Waals surface area contributed by atoms with Crippen molar-refractivity contribution in [3.05, 3.63) is 53.2 Å². The molecule has 1 aliphatic rings. The largest absolute Gasteiger partial charge is 0.466 e. The highest BCUT2D eigenvalue weighted by Crippen LogP contribution is 2.16. The summed E-state index contributed by atoms with van der Waals surface area (Å²) in [6.45, 7) is 9.32. The van der Waals surface area contributed by atoms with Crippen LogP contribution in [0, 0.1) is 19.7 Å². The predicted octanol–water partition coefficient (Wildman–Crippen LogP) is 2.66. The van der Waals surface area contributed by atoms with E-state index in [-0.39, 0.29) is 11.8 Å². The fourth-order valence-electron chi connectivity index (χ4n) is 3.31. The minimum absolute atomic E-state index is 0.168. The van der Waals surface area contributed by atoms with E-state index >= 15 is 0 Å². The number of furan rings is 1. The highest BCUT2D eigenvalue weighted by Gasteiger charge is 2.17. The zero-order valence-electron chi connectivity index (χ0n) is 15.9. The van der Waals surface area contributed by atoms with Crippen LogP contribution < -0.4 is 15.5 Å². The van der Waals surface area contributed by atoms with Gasteiger partial charge in [0.1, 0.15) is 17.3 Å². The van der Waals surface area contributed by atoms with Gasteiger partial charge in [0.05, 0.1) is 0 Å². The number of hydrogen-bond acceptors (Lipinski definition) is 4. The number of carbonyl (C=O) groups excluding carboxylic acids is 1. The lowest BCUT2D eigenvalue weighted by Crippen LogP contribution is -2.49. The molecule has 2 amide bonds. The van der Waals surface area contributed by atoms with Gasteiger partial charge < -0.3 is 20.0 Å². The summed E-state index contributed by atoms with van der Waals surface area (Å²) in [5.74, 6) is 1.48. The van der Waals surface area contributed by atoms with E-state index in [9.17, 15) is 9.18 Å². The third-order valence-corrected chi connectivity index (χ3v) is 4.86. The van der Waals surface area contributed by atoms with Crippen LogP contribution in [0.15, 0.2) is 34.7 Å². The molecule has 0 spiro atoms. The van der Waals surface area contributed by atoms with Crippen molar-refractivity contribution in [3.8, 4) is 0 Å². The van der Waals surface area contributed by atoms with E-state index in [1.165, 1.54) is 12.1 Å². The van der Waals surface area contributed by atoms with Gasteiger partial charge in [0.15, 0.2) is 0 Å². The van der Waals surface area contributed by atoms with Crippen LogP contribution in [0.2, 0.25) is 0 Å². The molecule has 0 radical (unpaired) electrons. The van der Waals surface area contributed by atoms with Gasteiger partial charge in [-0.1, -0.05) is 0 Å². The first-order valence-electron chi connectivity index (χ1n) is 9.32. The molecule has 0 saturated carbocycles. The van der Waals surface area contributed by atoms with Gasteiger partial charge in [-0.3, -0.25) is 4.90 Å². The average Bonchev–Trinajstić information content (AvgIpc) is 2.98. The van der Waals surface area contributed by atoms with Crippen molar-refractivity contribution in [1.29, 1.82) is 0 Å². The molecule has 27 heavy (non-hydrogen) atoms. The number of hydrogen-bond donors (Lipinski definition) is 2. The Morgan fingerprint density at radius 1 is 1.11 bits per heavy atom. The van der Waals surface area contributed by atoms with Crippen LogP contribution in [-0.4, -0.2) is 50.2 Å². The fraction of sp³-hybridized carbons (Fsp3) is 0.450. The number of nitrogens with zero attached hydrogens (tertiary/aromatic N) is 2. The lowest BCUT2D eigenvalue weighted by molar-refractivity contribution is 0.231. The molecule has 2 N–H and O–H groups in total. The van der Waals surface area contributed by atoms with Crippen molar-refractivity contribution in [3.63, 3.8) is 0 Å². The zero-order chi connectivity index (χ0) is 19.2. The second kappa shape index (κ2) is 8.90. The molecule has 146 valence electrons. The van der Waals surface area contributed by atoms with E-state index in [1.807, 2.05) is 32.0 Å². The lowest BCUT2D eigenvalue weighted by Gasteiger charge is -2.36. The van der Waals surface area contributed by atoms with Crippen molar-refractivity contribution < 1.29 is 13.6 Å². The summed E-state index contributed by atoms with van der Waals surface area (Å²) in [7, 11) is 0. The van der Waals surface area contributed by atoms with Gasteiger partial charge in [-0.05, 0) is 44.2 Å². The number of rotatable bonds is 6. The van der Waals surface area contributed by atoms with E-state index < -0.39 is 0 Å². The highest BCUT2D eigenvalue weighted by atomic mass is 19.1. The van der Waals surface area contributed by atoms with Crippen LogP contribution in [0.25, 0.3) is 0 Å². The number of benzene rings is 1. The monoisotopic (exact) mass is 374 g/mol. The normalized spacial score (nSPS) is 15.0. The molecule has 3 rings (SSSR count). The predicted molar refractivity (Wildman–Crippen MR) is 103 cm³/mol. The Bertz CT molecular complexity index is 752. The maximum atomic E-state index is 13.0. The van der Waals surface area contributed by atoms with E-state index in [4.69, 9.17) is 4.42 Å². The summed E-state index contributed by atoms with van der Waals surface area (Å²) >= 11 is 0. The first-order chi connectivity index (χ1) is 13.0. The maximum absolute atomic E-state index is 13.0. The van der Waals surface area contributed by atoms with E-state index in [2.05, 4.69) is 20.4 Å². The molecule has 1 aromatic heterocycles. The van der Waals surface area contributed by atoms with Gasteiger partial charge in [-0.25, -0.2) is 9.18 Å². The Hall–Kier alpha value is -2.54. The SMILES string of the molecule is Cc1cc(CNC(=O)NCCN2CCN(c3ccc(F)cc3)CC2)c(C)o1. The van der Waals surface area contributed by atoms with Crippen molar-refractivity contribution in [2.45, 2.75) is 20.4 Å². The highest BCUT2D eigenvalue weighted by molar-refractivity contribution is 5.73. The standard InChI is InChI=1S/C20H27FN4O2/c1-15-13-17(16(2)27-15)14-23-20(26)22-7-8-24-9-11-25(12-10-24)19-5-3-18(21)4-6-19/h3-6,13H,7-12,14H2,1-2H3,(H2,22,23,26). The smallest absolute Gasteiger partial charge is 0.315 e. The third-order valence-electron chi connectivity index (χ3n) is 4.86. The van der Waals surface area contributed by atoms with Crippen molar-refractivity contribution in [2.75, 3.05) is 44.2 Å². The van der Waals surface area contributed by atoms with Gasteiger partial charge in [0.25, 0.3) is 0 Å². The number of nitrogens with one attached hydrogen (secondary N) is 2. The molecule has 1 fully saturated rings. The number of amides is 2. The average molecular weight is 374 g/mol. The maximum Gasteiger partial charge on any atom is 0.315 e. The molecule has 1 aromatic carbocycles. The molecule has 0 aliphatic carbocycles. The molecular weight excluding hydrogens is 347 g/mol.